The lowest BCUT2D eigenvalue weighted by Gasteiger charge is -2.25. The zero-order chi connectivity index (χ0) is 27.8. The van der Waals surface area contributed by atoms with E-state index >= 15 is 0 Å². The zero-order valence-corrected chi connectivity index (χ0v) is 20.7. The highest BCUT2D eigenvalue weighted by atomic mass is 16.4. The number of hydrogen-bond acceptors (Lipinski definition) is 7. The third-order valence-electron chi connectivity index (χ3n) is 5.98. The molecule has 0 spiro atoms. The van der Waals surface area contributed by atoms with Crippen molar-refractivity contribution < 1.29 is 34.5 Å². The van der Waals surface area contributed by atoms with Crippen molar-refractivity contribution in [3.63, 3.8) is 0 Å². The molecule has 0 saturated heterocycles. The van der Waals surface area contributed by atoms with Crippen LogP contribution in [0, 0.1) is 0 Å². The van der Waals surface area contributed by atoms with Crippen LogP contribution in [0.25, 0.3) is 10.9 Å². The summed E-state index contributed by atoms with van der Waals surface area (Å²) in [6.07, 6.45) is 0.560. The van der Waals surface area contributed by atoms with Crippen molar-refractivity contribution in [2.75, 3.05) is 6.54 Å². The van der Waals surface area contributed by atoms with Gasteiger partial charge in [0.2, 0.25) is 17.7 Å². The Morgan fingerprint density at radius 1 is 0.921 bits per heavy atom. The van der Waals surface area contributed by atoms with E-state index in [1.54, 1.807) is 18.3 Å². The van der Waals surface area contributed by atoms with Crippen LogP contribution in [-0.2, 0) is 32.0 Å². The topological polar surface area (TPSA) is 207 Å². The van der Waals surface area contributed by atoms with Gasteiger partial charge in [0, 0.05) is 29.9 Å². The molecule has 202 valence electrons. The average Bonchev–Trinajstić information content (AvgIpc) is 3.29. The molecule has 2 aromatic carbocycles. The molecule has 3 aromatic rings. The normalized spacial score (nSPS) is 14.2. The summed E-state index contributed by atoms with van der Waals surface area (Å²) < 4.78 is 0. The van der Waals surface area contributed by atoms with Gasteiger partial charge in [-0.25, -0.2) is 0 Å². The number of rotatable bonds is 12. The van der Waals surface area contributed by atoms with Gasteiger partial charge in [-0.15, -0.1) is 0 Å². The second-order valence-electron chi connectivity index (χ2n) is 8.93. The van der Waals surface area contributed by atoms with Gasteiger partial charge < -0.3 is 42.0 Å². The summed E-state index contributed by atoms with van der Waals surface area (Å²) in [4.78, 5) is 53.0. The lowest BCUT2D eigenvalue weighted by atomic mass is 10.0. The van der Waals surface area contributed by atoms with Gasteiger partial charge in [-0.2, -0.15) is 0 Å². The SMILES string of the molecule is CC(O)C(N)C(=O)NC(Cc1c[nH]c2ccccc12)C(=O)NC(Cc1ccc(O)cc1)C(=O)NCC(=O)O. The molecule has 4 unspecified atom stereocenters. The standard InChI is InChI=1S/C26H31N5O7/c1-14(32)23(27)26(38)31-21(11-16-12-28-19-5-3-2-4-18(16)19)25(37)30-20(24(36)29-13-22(34)35)10-15-6-8-17(33)9-7-15/h2-9,12,14,20-21,23,28,32-33H,10-11,13,27H2,1H3,(H,29,36)(H,30,37)(H,31,38)(H,34,35). The number of H-pyrrole nitrogens is 1. The molecule has 0 aliphatic rings. The van der Waals surface area contributed by atoms with E-state index in [9.17, 15) is 29.4 Å². The number of phenols is 1. The number of carboxylic acid groups (broad SMARTS) is 1. The van der Waals surface area contributed by atoms with Crippen LogP contribution >= 0.6 is 0 Å². The fourth-order valence-corrected chi connectivity index (χ4v) is 3.85. The maximum atomic E-state index is 13.5. The highest BCUT2D eigenvalue weighted by Crippen LogP contribution is 2.19. The number of hydrogen-bond donors (Lipinski definition) is 8. The molecule has 38 heavy (non-hydrogen) atoms. The van der Waals surface area contributed by atoms with E-state index in [4.69, 9.17) is 10.8 Å². The molecule has 3 amide bonds. The molecule has 0 fully saturated rings. The van der Waals surface area contributed by atoms with E-state index in [1.807, 2.05) is 24.3 Å². The fourth-order valence-electron chi connectivity index (χ4n) is 3.85. The van der Waals surface area contributed by atoms with Crippen molar-refractivity contribution >= 4 is 34.6 Å². The largest absolute Gasteiger partial charge is 0.508 e. The van der Waals surface area contributed by atoms with Crippen molar-refractivity contribution in [3.05, 3.63) is 65.9 Å². The minimum atomic E-state index is -1.29. The fraction of sp³-hybridized carbons (Fsp3) is 0.308. The van der Waals surface area contributed by atoms with E-state index in [2.05, 4.69) is 20.9 Å². The Bertz CT molecular complexity index is 1290. The number of nitrogens with two attached hydrogens (primary N) is 1. The van der Waals surface area contributed by atoms with E-state index in [-0.39, 0.29) is 18.6 Å². The Kier molecular flexibility index (Phi) is 9.41. The van der Waals surface area contributed by atoms with E-state index in [0.29, 0.717) is 5.56 Å². The number of nitrogens with one attached hydrogen (secondary N) is 4. The van der Waals surface area contributed by atoms with Crippen molar-refractivity contribution in [1.29, 1.82) is 0 Å². The predicted octanol–water partition coefficient (Wildman–Crippen LogP) is -0.463. The minimum Gasteiger partial charge on any atom is -0.508 e. The highest BCUT2D eigenvalue weighted by Gasteiger charge is 2.30. The quantitative estimate of drug-likeness (QED) is 0.155. The first-order chi connectivity index (χ1) is 18.0. The first-order valence-electron chi connectivity index (χ1n) is 11.9. The first-order valence-corrected chi connectivity index (χ1v) is 11.9. The van der Waals surface area contributed by atoms with Gasteiger partial charge in [0.05, 0.1) is 6.10 Å². The number of benzene rings is 2. The molecule has 0 aliphatic heterocycles. The van der Waals surface area contributed by atoms with Crippen LogP contribution in [-0.4, -0.2) is 74.8 Å². The summed E-state index contributed by atoms with van der Waals surface area (Å²) in [7, 11) is 0. The van der Waals surface area contributed by atoms with E-state index in [1.165, 1.54) is 19.1 Å². The van der Waals surface area contributed by atoms with Crippen LogP contribution < -0.4 is 21.7 Å². The van der Waals surface area contributed by atoms with Crippen molar-refractivity contribution in [2.24, 2.45) is 5.73 Å². The summed E-state index contributed by atoms with van der Waals surface area (Å²) in [6.45, 7) is 0.693. The number of aliphatic hydroxyl groups excluding tert-OH is 1. The number of aliphatic carboxylic acids is 1. The molecule has 0 radical (unpaired) electrons. The lowest BCUT2D eigenvalue weighted by Crippen LogP contribution is -2.58. The number of aromatic hydroxyl groups is 1. The van der Waals surface area contributed by atoms with Gasteiger partial charge in [0.1, 0.15) is 30.4 Å². The summed E-state index contributed by atoms with van der Waals surface area (Å²) in [5, 5.41) is 36.5. The van der Waals surface area contributed by atoms with Crippen LogP contribution in [0.1, 0.15) is 18.1 Å². The lowest BCUT2D eigenvalue weighted by molar-refractivity contribution is -0.138. The van der Waals surface area contributed by atoms with Crippen LogP contribution in [0.4, 0.5) is 0 Å². The minimum absolute atomic E-state index is 0.0145. The molecule has 9 N–H and O–H groups in total. The van der Waals surface area contributed by atoms with Crippen LogP contribution in [0.15, 0.2) is 54.7 Å². The average molecular weight is 526 g/mol. The van der Waals surface area contributed by atoms with Gasteiger partial charge in [0.15, 0.2) is 0 Å². The molecule has 4 atom stereocenters. The van der Waals surface area contributed by atoms with Crippen molar-refractivity contribution in [1.82, 2.24) is 20.9 Å². The van der Waals surface area contributed by atoms with Gasteiger partial charge in [0.25, 0.3) is 0 Å². The Balaban J connectivity index is 1.86. The molecule has 3 rings (SSSR count). The molecule has 12 heteroatoms. The number of carbonyl (C=O) groups excluding carboxylic acids is 3. The molecule has 12 nitrogen and oxygen atoms in total. The maximum absolute atomic E-state index is 13.5. The summed E-state index contributed by atoms with van der Waals surface area (Å²) >= 11 is 0. The first kappa shape index (κ1) is 28.2. The molecular formula is C26H31N5O7. The molecule has 0 aliphatic carbocycles. The second-order valence-corrected chi connectivity index (χ2v) is 8.93. The third kappa shape index (κ3) is 7.54. The summed E-state index contributed by atoms with van der Waals surface area (Å²) in [5.74, 6) is -3.46. The maximum Gasteiger partial charge on any atom is 0.322 e. The molecule has 1 heterocycles. The Labute approximate surface area is 218 Å². The number of aliphatic hydroxyl groups is 1. The number of amides is 3. The van der Waals surface area contributed by atoms with Gasteiger partial charge in [-0.05, 0) is 36.2 Å². The molecule has 0 saturated carbocycles. The van der Waals surface area contributed by atoms with Crippen molar-refractivity contribution in [2.45, 2.75) is 44.0 Å². The van der Waals surface area contributed by atoms with E-state index < -0.39 is 54.5 Å². The summed E-state index contributed by atoms with van der Waals surface area (Å²) in [6, 6.07) is 9.68. The monoisotopic (exact) mass is 525 g/mol. The Hall–Kier alpha value is -4.42. The number of phenolic OH excluding ortho intramolecular Hbond substituents is 1. The van der Waals surface area contributed by atoms with Crippen LogP contribution in [0.3, 0.4) is 0 Å². The number of carboxylic acids is 1. The number of para-hydroxylation sites is 1. The molecule has 1 aromatic heterocycles. The number of aromatic nitrogens is 1. The molecule has 0 bridgehead atoms. The van der Waals surface area contributed by atoms with Gasteiger partial charge in [-0.1, -0.05) is 30.3 Å². The Morgan fingerprint density at radius 3 is 2.21 bits per heavy atom. The third-order valence-corrected chi connectivity index (χ3v) is 5.98. The summed E-state index contributed by atoms with van der Waals surface area (Å²) in [5.41, 5.74) is 7.90. The number of aromatic amines is 1. The van der Waals surface area contributed by atoms with Crippen molar-refractivity contribution in [3.8, 4) is 5.75 Å². The second kappa shape index (κ2) is 12.7. The smallest absolute Gasteiger partial charge is 0.322 e. The van der Waals surface area contributed by atoms with Gasteiger partial charge >= 0.3 is 5.97 Å². The Morgan fingerprint density at radius 2 is 1.55 bits per heavy atom. The van der Waals surface area contributed by atoms with Crippen LogP contribution in [0.2, 0.25) is 0 Å². The van der Waals surface area contributed by atoms with E-state index in [0.717, 1.165) is 16.5 Å². The highest BCUT2D eigenvalue weighted by molar-refractivity contribution is 5.94. The zero-order valence-electron chi connectivity index (χ0n) is 20.7. The predicted molar refractivity (Wildman–Crippen MR) is 138 cm³/mol. The number of carbonyl (C=O) groups is 4. The molecular weight excluding hydrogens is 494 g/mol. The number of fused-ring (bicyclic) bond motifs is 1. The van der Waals surface area contributed by atoms with Crippen LogP contribution in [0.5, 0.6) is 5.75 Å². The van der Waals surface area contributed by atoms with Gasteiger partial charge in [-0.3, -0.25) is 19.2 Å².